The molecule has 1 aromatic carbocycles. The zero-order chi connectivity index (χ0) is 30.0. The van der Waals surface area contributed by atoms with Crippen LogP contribution in [0.2, 0.25) is 0 Å². The van der Waals surface area contributed by atoms with E-state index < -0.39 is 58.0 Å². The fourth-order valence-electron chi connectivity index (χ4n) is 6.61. The van der Waals surface area contributed by atoms with E-state index in [1.807, 2.05) is 25.1 Å². The van der Waals surface area contributed by atoms with Crippen LogP contribution in [0.3, 0.4) is 0 Å². The van der Waals surface area contributed by atoms with Crippen LogP contribution in [0.5, 0.6) is 5.75 Å². The summed E-state index contributed by atoms with van der Waals surface area (Å²) in [5.41, 5.74) is 3.52. The molecule has 1 heterocycles. The first kappa shape index (κ1) is 28.4. The van der Waals surface area contributed by atoms with Crippen LogP contribution in [0.4, 0.5) is 5.69 Å². The lowest BCUT2D eigenvalue weighted by Crippen LogP contribution is -2.65. The van der Waals surface area contributed by atoms with Gasteiger partial charge in [0.05, 0.1) is 24.4 Å². The maximum absolute atomic E-state index is 14.0. The number of furan rings is 1. The Morgan fingerprint density at radius 1 is 1.17 bits per heavy atom. The van der Waals surface area contributed by atoms with Gasteiger partial charge >= 0.3 is 0 Å². The minimum atomic E-state index is -2.67. The minimum Gasteiger partial charge on any atom is -0.508 e. The summed E-state index contributed by atoms with van der Waals surface area (Å²) < 4.78 is 5.34. The number of rotatable bonds is 7. The number of hydrogen-bond donors (Lipinski definition) is 6. The number of nitrogens with zero attached hydrogens (tertiary/aromatic N) is 2. The number of anilines is 1. The van der Waals surface area contributed by atoms with Gasteiger partial charge in [0.15, 0.2) is 11.4 Å². The number of likely N-dealkylation sites (N-methyl/N-ethyl adjacent to an activating group) is 1. The van der Waals surface area contributed by atoms with Crippen molar-refractivity contribution >= 4 is 28.9 Å². The molecule has 0 spiro atoms. The van der Waals surface area contributed by atoms with E-state index in [0.717, 1.165) is 0 Å². The molecule has 1 saturated carbocycles. The molecule has 3 aliphatic rings. The van der Waals surface area contributed by atoms with E-state index in [1.165, 1.54) is 4.90 Å². The zero-order valence-electron chi connectivity index (χ0n) is 23.3. The summed E-state index contributed by atoms with van der Waals surface area (Å²) >= 11 is 0. The molecule has 2 unspecified atom stereocenters. The van der Waals surface area contributed by atoms with E-state index in [1.54, 1.807) is 32.5 Å². The average Bonchev–Trinajstić information content (AvgIpc) is 3.40. The van der Waals surface area contributed by atoms with Gasteiger partial charge in [0, 0.05) is 43.4 Å². The van der Waals surface area contributed by atoms with Crippen LogP contribution in [0, 0.1) is 11.8 Å². The van der Waals surface area contributed by atoms with Gasteiger partial charge < -0.3 is 40.8 Å². The molecule has 12 heteroatoms. The van der Waals surface area contributed by atoms with E-state index >= 15 is 0 Å². The quantitative estimate of drug-likeness (QED) is 0.261. The molecule has 1 fully saturated rings. The van der Waals surface area contributed by atoms with Gasteiger partial charge in [-0.05, 0) is 56.6 Å². The molecular formula is C29H34N4O8. The smallest absolute Gasteiger partial charge is 0.255 e. The highest BCUT2D eigenvalue weighted by molar-refractivity contribution is 6.24. The number of aliphatic hydroxyl groups is 3. The van der Waals surface area contributed by atoms with Gasteiger partial charge in [-0.2, -0.15) is 0 Å². The second kappa shape index (κ2) is 10.1. The fourth-order valence-corrected chi connectivity index (χ4v) is 6.61. The van der Waals surface area contributed by atoms with E-state index in [0.29, 0.717) is 29.1 Å². The average molecular weight is 567 g/mol. The highest BCUT2D eigenvalue weighted by Crippen LogP contribution is 2.54. The number of phenolic OH excluding ortho intramolecular Hbond substituents is 1. The lowest BCUT2D eigenvalue weighted by atomic mass is 9.57. The van der Waals surface area contributed by atoms with Crippen LogP contribution >= 0.6 is 0 Å². The Kier molecular flexibility index (Phi) is 6.96. The summed E-state index contributed by atoms with van der Waals surface area (Å²) in [7, 11) is 6.78. The number of carbonyl (C=O) groups is 3. The van der Waals surface area contributed by atoms with Gasteiger partial charge in [0.2, 0.25) is 5.78 Å². The van der Waals surface area contributed by atoms with Crippen LogP contribution < -0.4 is 16.0 Å². The largest absolute Gasteiger partial charge is 0.508 e. The van der Waals surface area contributed by atoms with Gasteiger partial charge in [-0.15, -0.1) is 0 Å². The number of Topliss-reactive ketones (excluding diaryl/α,β-unsaturated/α-hetero) is 2. The Balaban J connectivity index is 1.64. The summed E-state index contributed by atoms with van der Waals surface area (Å²) in [5.74, 6) is -6.01. The van der Waals surface area contributed by atoms with Gasteiger partial charge in [-0.1, -0.05) is 0 Å². The number of carbonyl (C=O) groups excluding carboxylic acids is 3. The molecule has 0 saturated heterocycles. The maximum Gasteiger partial charge on any atom is 0.255 e. The number of benzene rings is 1. The van der Waals surface area contributed by atoms with Crippen LogP contribution in [0.1, 0.15) is 28.9 Å². The lowest BCUT2D eigenvalue weighted by molar-refractivity contribution is -0.153. The van der Waals surface area contributed by atoms with Crippen molar-refractivity contribution in [3.8, 4) is 5.75 Å². The molecule has 5 rings (SSSR count). The van der Waals surface area contributed by atoms with E-state index in [4.69, 9.17) is 10.2 Å². The molecule has 3 aliphatic carbocycles. The number of hydrogen-bond acceptors (Lipinski definition) is 11. The summed E-state index contributed by atoms with van der Waals surface area (Å²) in [4.78, 5) is 42.8. The Morgan fingerprint density at radius 2 is 1.88 bits per heavy atom. The summed E-state index contributed by atoms with van der Waals surface area (Å²) in [6.07, 6.45) is 1.81. The molecule has 41 heavy (non-hydrogen) atoms. The first-order chi connectivity index (χ1) is 19.3. The third kappa shape index (κ3) is 4.21. The maximum atomic E-state index is 14.0. The van der Waals surface area contributed by atoms with Crippen molar-refractivity contribution in [2.45, 2.75) is 37.6 Å². The monoisotopic (exact) mass is 566 g/mol. The van der Waals surface area contributed by atoms with Crippen molar-refractivity contribution in [1.82, 2.24) is 10.2 Å². The molecule has 1 aromatic heterocycles. The van der Waals surface area contributed by atoms with E-state index in [-0.39, 0.29) is 36.3 Å². The number of primary amides is 1. The van der Waals surface area contributed by atoms with Crippen LogP contribution in [0.25, 0.3) is 5.76 Å². The van der Waals surface area contributed by atoms with Crippen molar-refractivity contribution in [3.63, 3.8) is 0 Å². The number of aromatic hydroxyl groups is 1. The Hall–Kier alpha value is -4.13. The second-order valence-corrected chi connectivity index (χ2v) is 11.3. The standard InChI is InChI=1S/C29H34N4O8/c1-32(2)18-10-14(11-31-12-15-6-5-7-41-15)23(34)20-16(18)8-13-9-17-22(33(3)4)25(36)21(28(30)39)27(38)29(17,40)26(37)19(13)24(20)35/h5-7,10,13,17,22,31,34-35,38,40H,8-9,11-12H2,1-4H3,(H2,30,39)/t13?,17?,22-,29-/m0/s1. The minimum absolute atomic E-state index is 0.0336. The molecule has 7 N–H and O–H groups in total. The van der Waals surface area contributed by atoms with Crippen molar-refractivity contribution in [3.05, 3.63) is 63.8 Å². The lowest BCUT2D eigenvalue weighted by Gasteiger charge is -2.50. The molecule has 218 valence electrons. The molecule has 0 aliphatic heterocycles. The molecule has 12 nitrogen and oxygen atoms in total. The zero-order valence-corrected chi connectivity index (χ0v) is 23.3. The normalized spacial score (nSPS) is 25.8. The first-order valence-corrected chi connectivity index (χ1v) is 13.2. The summed E-state index contributed by atoms with van der Waals surface area (Å²) in [5, 5.41) is 48.9. The molecule has 4 atom stereocenters. The fraction of sp³-hybridized carbons (Fsp3) is 0.414. The molecule has 1 amide bonds. The number of fused-ring (bicyclic) bond motifs is 3. The third-order valence-corrected chi connectivity index (χ3v) is 8.45. The predicted molar refractivity (Wildman–Crippen MR) is 148 cm³/mol. The van der Waals surface area contributed by atoms with Crippen LogP contribution in [-0.2, 0) is 33.9 Å². The highest BCUT2D eigenvalue weighted by Gasteiger charge is 2.64. The number of aliphatic hydroxyl groups excluding tert-OH is 2. The SMILES string of the molecule is CN(C)c1cc(CNCc2ccco2)c(O)c2c1CC1CC3[C@H](N(C)C)C(=O)C(C(N)=O)=C(O)[C@@]3(O)C(=O)C1=C2O. The predicted octanol–water partition coefficient (Wildman–Crippen LogP) is 0.913. The topological polar surface area (TPSA) is 190 Å². The number of amides is 1. The summed E-state index contributed by atoms with van der Waals surface area (Å²) in [6.45, 7) is 0.604. The number of nitrogens with one attached hydrogen (secondary N) is 1. The summed E-state index contributed by atoms with van der Waals surface area (Å²) in [6, 6.07) is 4.25. The van der Waals surface area contributed by atoms with Crippen molar-refractivity contribution in [1.29, 1.82) is 0 Å². The van der Waals surface area contributed by atoms with Crippen LogP contribution in [0.15, 0.2) is 45.8 Å². The Morgan fingerprint density at radius 3 is 2.46 bits per heavy atom. The van der Waals surface area contributed by atoms with Crippen molar-refractivity contribution in [2.75, 3.05) is 33.1 Å². The van der Waals surface area contributed by atoms with Gasteiger partial charge in [-0.3, -0.25) is 19.3 Å². The van der Waals surface area contributed by atoms with Gasteiger partial charge in [-0.25, -0.2) is 0 Å². The second-order valence-electron chi connectivity index (χ2n) is 11.3. The van der Waals surface area contributed by atoms with Crippen molar-refractivity contribution < 1.29 is 39.2 Å². The number of nitrogens with two attached hydrogens (primary N) is 1. The molecule has 0 bridgehead atoms. The molecular weight excluding hydrogens is 532 g/mol. The van der Waals surface area contributed by atoms with Gasteiger partial charge in [0.25, 0.3) is 5.91 Å². The van der Waals surface area contributed by atoms with Crippen LogP contribution in [-0.4, -0.2) is 82.6 Å². The van der Waals surface area contributed by atoms with Gasteiger partial charge in [0.1, 0.15) is 28.6 Å². The Labute approximate surface area is 236 Å². The molecule has 0 radical (unpaired) electrons. The van der Waals surface area contributed by atoms with E-state index in [9.17, 15) is 34.8 Å². The molecule has 2 aromatic rings. The van der Waals surface area contributed by atoms with E-state index in [2.05, 4.69) is 5.32 Å². The van der Waals surface area contributed by atoms with Crippen molar-refractivity contribution in [2.24, 2.45) is 17.6 Å². The number of ketones is 2. The highest BCUT2D eigenvalue weighted by atomic mass is 16.3. The Bertz CT molecular complexity index is 1510. The first-order valence-electron chi connectivity index (χ1n) is 13.2. The number of phenols is 1. The third-order valence-electron chi connectivity index (χ3n) is 8.45.